The van der Waals surface area contributed by atoms with Gasteiger partial charge in [0.15, 0.2) is 0 Å². The van der Waals surface area contributed by atoms with Crippen LogP contribution in [0.1, 0.15) is 13.3 Å². The van der Waals surface area contributed by atoms with Crippen LogP contribution in [-0.4, -0.2) is 84.0 Å². The van der Waals surface area contributed by atoms with Crippen molar-refractivity contribution in [1.82, 2.24) is 14.9 Å². The fourth-order valence-electron chi connectivity index (χ4n) is 3.10. The van der Waals surface area contributed by atoms with E-state index in [1.54, 1.807) is 0 Å². The van der Waals surface area contributed by atoms with E-state index in [0.29, 0.717) is 4.57 Å². The van der Waals surface area contributed by atoms with Gasteiger partial charge in [0.25, 0.3) is 11.3 Å². The molecule has 28 heavy (non-hydrogen) atoms. The Bertz CT molecular complexity index is 851. The van der Waals surface area contributed by atoms with Crippen molar-refractivity contribution >= 4 is 11.9 Å². The molecule has 1 fully saturated rings. The Kier molecular flexibility index (Phi) is 6.36. The van der Waals surface area contributed by atoms with Gasteiger partial charge in [-0.25, -0.2) is 9.59 Å². The molecule has 0 aliphatic carbocycles. The molecule has 1 saturated heterocycles. The lowest BCUT2D eigenvalue weighted by molar-refractivity contribution is -0.256. The summed E-state index contributed by atoms with van der Waals surface area (Å²) < 4.78 is 5.97. The van der Waals surface area contributed by atoms with Crippen molar-refractivity contribution in [3.8, 4) is 0 Å². The lowest BCUT2D eigenvalue weighted by Crippen LogP contribution is -2.68. The summed E-state index contributed by atoms with van der Waals surface area (Å²) in [7, 11) is 0. The Balaban J connectivity index is 2.60. The molecule has 0 spiro atoms. The fraction of sp³-hybridized carbons (Fsp3) is 0.600. The third-order valence-corrected chi connectivity index (χ3v) is 4.42. The molecule has 6 atom stereocenters. The standard InChI is InChI=1S/C15H21N3O10/c1-6(20)16-10-7(21)4-15(13(25)26,18-3-2-9(23)17-14(18)27)28-12(10)11(24)8(22)5-19/h2-3,7-8,10-12,19,21-22,24H,4-5H2,1H3,(H,16,20)(H,25,26)(H,17,23,27)/t7-,8+,10+,11+,12+,15-/m0/s1. The number of aliphatic carboxylic acids is 1. The van der Waals surface area contributed by atoms with E-state index in [9.17, 15) is 39.6 Å². The van der Waals surface area contributed by atoms with Crippen LogP contribution < -0.4 is 16.6 Å². The maximum absolute atomic E-state index is 12.1. The molecule has 0 aromatic carbocycles. The van der Waals surface area contributed by atoms with Crippen molar-refractivity contribution in [2.24, 2.45) is 0 Å². The van der Waals surface area contributed by atoms with Crippen LogP contribution in [0, 0.1) is 0 Å². The van der Waals surface area contributed by atoms with Crippen LogP contribution in [0.15, 0.2) is 21.9 Å². The molecule has 0 bridgehead atoms. The SMILES string of the molecule is CC(=O)N[C@H]1[C@H]([C@H](O)[C@H](O)CO)O[C@@](C(=O)O)(n2ccc(=O)[nH]c2=O)C[C@@H]1O. The predicted molar refractivity (Wildman–Crippen MR) is 89.1 cm³/mol. The molecule has 1 aliphatic rings. The van der Waals surface area contributed by atoms with Gasteiger partial charge >= 0.3 is 11.7 Å². The average Bonchev–Trinajstić information content (AvgIpc) is 2.61. The topological polar surface area (TPSA) is 211 Å². The largest absolute Gasteiger partial charge is 0.478 e. The first-order valence-electron chi connectivity index (χ1n) is 8.19. The second-order valence-electron chi connectivity index (χ2n) is 6.39. The number of carboxylic acid groups (broad SMARTS) is 1. The average molecular weight is 403 g/mol. The number of nitrogens with one attached hydrogen (secondary N) is 2. The van der Waals surface area contributed by atoms with Gasteiger partial charge in [-0.05, 0) is 0 Å². The summed E-state index contributed by atoms with van der Waals surface area (Å²) in [6, 6.07) is -0.505. The van der Waals surface area contributed by atoms with Crippen LogP contribution in [0.5, 0.6) is 0 Å². The van der Waals surface area contributed by atoms with Crippen LogP contribution in [-0.2, 0) is 20.1 Å². The number of aromatic nitrogens is 2. The first-order chi connectivity index (χ1) is 13.0. The molecular weight excluding hydrogens is 382 g/mol. The van der Waals surface area contributed by atoms with Gasteiger partial charge in [0.05, 0.1) is 18.8 Å². The number of carboxylic acids is 1. The smallest absolute Gasteiger partial charge is 0.358 e. The molecule has 13 nitrogen and oxygen atoms in total. The predicted octanol–water partition coefficient (Wildman–Crippen LogP) is -4.36. The highest BCUT2D eigenvalue weighted by Crippen LogP contribution is 2.35. The molecule has 7 N–H and O–H groups in total. The molecule has 1 aliphatic heterocycles. The summed E-state index contributed by atoms with van der Waals surface area (Å²) in [4.78, 5) is 48.7. The highest BCUT2D eigenvalue weighted by molar-refractivity contribution is 5.76. The van der Waals surface area contributed by atoms with Gasteiger partial charge in [0, 0.05) is 25.6 Å². The Hall–Kier alpha value is -2.58. The lowest BCUT2D eigenvalue weighted by Gasteiger charge is -2.47. The molecule has 1 aromatic heterocycles. The van der Waals surface area contributed by atoms with Crippen molar-refractivity contribution in [2.75, 3.05) is 6.61 Å². The number of carbonyl (C=O) groups excluding carboxylic acids is 1. The second kappa shape index (κ2) is 8.20. The van der Waals surface area contributed by atoms with E-state index in [1.807, 2.05) is 4.98 Å². The molecule has 156 valence electrons. The maximum atomic E-state index is 12.1. The number of ether oxygens (including phenoxy) is 1. The zero-order chi connectivity index (χ0) is 21.2. The Morgan fingerprint density at radius 2 is 2.07 bits per heavy atom. The molecule has 0 saturated carbocycles. The number of hydrogen-bond acceptors (Lipinski definition) is 9. The number of aromatic amines is 1. The monoisotopic (exact) mass is 403 g/mol. The van der Waals surface area contributed by atoms with Gasteiger partial charge in [-0.3, -0.25) is 19.1 Å². The van der Waals surface area contributed by atoms with Crippen molar-refractivity contribution in [2.45, 2.75) is 49.5 Å². The molecule has 2 heterocycles. The minimum absolute atomic E-state index is 0.509. The summed E-state index contributed by atoms with van der Waals surface area (Å²) >= 11 is 0. The minimum atomic E-state index is -2.57. The third-order valence-electron chi connectivity index (χ3n) is 4.42. The summed E-state index contributed by atoms with van der Waals surface area (Å²) in [6.45, 7) is 0.173. The highest BCUT2D eigenvalue weighted by Gasteiger charge is 2.56. The van der Waals surface area contributed by atoms with E-state index < -0.39 is 72.3 Å². The number of aliphatic hydroxyl groups excluding tert-OH is 4. The quantitative estimate of drug-likeness (QED) is 0.242. The number of rotatable bonds is 6. The fourth-order valence-corrected chi connectivity index (χ4v) is 3.10. The summed E-state index contributed by atoms with van der Waals surface area (Å²) in [5.41, 5.74) is -4.53. The van der Waals surface area contributed by atoms with Gasteiger partial charge < -0.3 is 35.6 Å². The van der Waals surface area contributed by atoms with Crippen LogP contribution in [0.4, 0.5) is 0 Å². The van der Waals surface area contributed by atoms with Crippen LogP contribution >= 0.6 is 0 Å². The van der Waals surface area contributed by atoms with Crippen molar-refractivity contribution in [3.05, 3.63) is 33.1 Å². The third kappa shape index (κ3) is 3.98. The van der Waals surface area contributed by atoms with Gasteiger partial charge in [-0.15, -0.1) is 0 Å². The van der Waals surface area contributed by atoms with E-state index in [-0.39, 0.29) is 0 Å². The minimum Gasteiger partial charge on any atom is -0.478 e. The molecule has 1 amide bonds. The molecule has 1 aromatic rings. The zero-order valence-electron chi connectivity index (χ0n) is 14.7. The normalized spacial score (nSPS) is 29.7. The van der Waals surface area contributed by atoms with Gasteiger partial charge in [0.2, 0.25) is 5.91 Å². The number of carbonyl (C=O) groups is 2. The van der Waals surface area contributed by atoms with Crippen molar-refractivity contribution in [3.63, 3.8) is 0 Å². The molecule has 13 heteroatoms. The Morgan fingerprint density at radius 1 is 1.43 bits per heavy atom. The molecular formula is C15H21N3O10. The van der Waals surface area contributed by atoms with Gasteiger partial charge in [-0.1, -0.05) is 0 Å². The first-order valence-corrected chi connectivity index (χ1v) is 8.19. The highest BCUT2D eigenvalue weighted by atomic mass is 16.6. The zero-order valence-corrected chi connectivity index (χ0v) is 14.7. The van der Waals surface area contributed by atoms with Gasteiger partial charge in [-0.2, -0.15) is 0 Å². The van der Waals surface area contributed by atoms with E-state index >= 15 is 0 Å². The first kappa shape index (κ1) is 21.7. The Labute approximate surface area is 156 Å². The van der Waals surface area contributed by atoms with Crippen molar-refractivity contribution in [1.29, 1.82) is 0 Å². The Morgan fingerprint density at radius 3 is 2.57 bits per heavy atom. The number of hydrogen-bond donors (Lipinski definition) is 7. The number of aliphatic hydroxyl groups is 4. The lowest BCUT2D eigenvalue weighted by atomic mass is 9.87. The van der Waals surface area contributed by atoms with Crippen LogP contribution in [0.25, 0.3) is 0 Å². The van der Waals surface area contributed by atoms with Crippen LogP contribution in [0.3, 0.4) is 0 Å². The maximum Gasteiger partial charge on any atom is 0.358 e. The van der Waals surface area contributed by atoms with Crippen LogP contribution in [0.2, 0.25) is 0 Å². The number of nitrogens with zero attached hydrogens (tertiary/aromatic N) is 1. The number of H-pyrrole nitrogens is 1. The summed E-state index contributed by atoms with van der Waals surface area (Å²) in [5, 5.41) is 51.6. The van der Waals surface area contributed by atoms with Crippen molar-refractivity contribution < 1.29 is 39.9 Å². The van der Waals surface area contributed by atoms with E-state index in [2.05, 4.69) is 5.32 Å². The number of amides is 1. The molecule has 0 radical (unpaired) electrons. The van der Waals surface area contributed by atoms with E-state index in [0.717, 1.165) is 19.2 Å². The summed E-state index contributed by atoms with van der Waals surface area (Å²) in [5.74, 6) is -2.38. The molecule has 0 unspecified atom stereocenters. The van der Waals surface area contributed by atoms with E-state index in [1.165, 1.54) is 0 Å². The molecule has 2 rings (SSSR count). The van der Waals surface area contributed by atoms with E-state index in [4.69, 9.17) is 9.84 Å². The second-order valence-corrected chi connectivity index (χ2v) is 6.39. The van der Waals surface area contributed by atoms with Gasteiger partial charge in [0.1, 0.15) is 18.3 Å². The summed E-state index contributed by atoms with van der Waals surface area (Å²) in [6.07, 6.45) is -7.01.